The van der Waals surface area contributed by atoms with Crippen LogP contribution in [0.1, 0.15) is 50.5 Å². The first kappa shape index (κ1) is 14.5. The molecule has 0 bridgehead atoms. The van der Waals surface area contributed by atoms with E-state index < -0.39 is 0 Å². The van der Waals surface area contributed by atoms with Crippen molar-refractivity contribution in [2.24, 2.45) is 0 Å². The average Bonchev–Trinajstić information content (AvgIpc) is 2.38. The largest absolute Gasteiger partial charge is 0.0928 e. The van der Waals surface area contributed by atoms with Crippen LogP contribution in [0.15, 0.2) is 36.4 Å². The number of benzene rings is 1. The molecular formula is C16H23Br. The van der Waals surface area contributed by atoms with Crippen molar-refractivity contribution in [3.8, 4) is 0 Å². The lowest BCUT2D eigenvalue weighted by molar-refractivity contribution is 0.614. The highest BCUT2D eigenvalue weighted by Gasteiger charge is 1.89. The second-order valence-corrected chi connectivity index (χ2v) is 5.21. The van der Waals surface area contributed by atoms with Gasteiger partial charge in [0, 0.05) is 5.33 Å². The molecule has 0 radical (unpaired) electrons. The first-order valence-electron chi connectivity index (χ1n) is 6.71. The van der Waals surface area contributed by atoms with Gasteiger partial charge in [0.15, 0.2) is 0 Å². The monoisotopic (exact) mass is 294 g/mol. The van der Waals surface area contributed by atoms with Gasteiger partial charge in [0.05, 0.1) is 0 Å². The number of halogens is 1. The minimum atomic E-state index is 1.16. The fourth-order valence-corrected chi connectivity index (χ4v) is 2.24. The molecular weight excluding hydrogens is 272 g/mol. The van der Waals surface area contributed by atoms with Crippen molar-refractivity contribution < 1.29 is 0 Å². The summed E-state index contributed by atoms with van der Waals surface area (Å²) in [4.78, 5) is 0. The topological polar surface area (TPSA) is 0 Å². The highest BCUT2D eigenvalue weighted by molar-refractivity contribution is 9.09. The van der Waals surface area contributed by atoms with Gasteiger partial charge in [-0.15, -0.1) is 0 Å². The predicted molar refractivity (Wildman–Crippen MR) is 81.6 cm³/mol. The van der Waals surface area contributed by atoms with Crippen LogP contribution >= 0.6 is 15.9 Å². The van der Waals surface area contributed by atoms with Crippen molar-refractivity contribution in [3.63, 3.8) is 0 Å². The molecule has 0 saturated heterocycles. The molecule has 1 aromatic rings. The van der Waals surface area contributed by atoms with Crippen molar-refractivity contribution in [2.45, 2.75) is 44.9 Å². The highest BCUT2D eigenvalue weighted by atomic mass is 79.9. The van der Waals surface area contributed by atoms with Gasteiger partial charge in [0.25, 0.3) is 0 Å². The van der Waals surface area contributed by atoms with Gasteiger partial charge in [0.2, 0.25) is 0 Å². The first-order valence-corrected chi connectivity index (χ1v) is 7.83. The third kappa shape index (κ3) is 8.20. The quantitative estimate of drug-likeness (QED) is 0.397. The normalized spacial score (nSPS) is 11.1. The molecule has 0 fully saturated rings. The summed E-state index contributed by atoms with van der Waals surface area (Å²) in [5, 5.41) is 1.16. The van der Waals surface area contributed by atoms with Crippen molar-refractivity contribution in [1.82, 2.24) is 0 Å². The third-order valence-electron chi connectivity index (χ3n) is 2.86. The van der Waals surface area contributed by atoms with E-state index in [9.17, 15) is 0 Å². The molecule has 1 rings (SSSR count). The summed E-state index contributed by atoms with van der Waals surface area (Å²) < 4.78 is 0. The van der Waals surface area contributed by atoms with Crippen LogP contribution in [0.25, 0.3) is 6.08 Å². The van der Waals surface area contributed by atoms with E-state index in [4.69, 9.17) is 0 Å². The first-order chi connectivity index (χ1) is 8.43. The summed E-state index contributed by atoms with van der Waals surface area (Å²) in [6.07, 6.45) is 13.9. The Kier molecular flexibility index (Phi) is 9.03. The van der Waals surface area contributed by atoms with Gasteiger partial charge in [-0.2, -0.15) is 0 Å². The Morgan fingerprint density at radius 2 is 1.47 bits per heavy atom. The second-order valence-electron chi connectivity index (χ2n) is 4.41. The van der Waals surface area contributed by atoms with E-state index in [1.807, 2.05) is 0 Å². The molecule has 0 atom stereocenters. The number of alkyl halides is 1. The van der Waals surface area contributed by atoms with Crippen molar-refractivity contribution >= 4 is 22.0 Å². The van der Waals surface area contributed by atoms with E-state index in [-0.39, 0.29) is 0 Å². The number of rotatable bonds is 9. The average molecular weight is 295 g/mol. The van der Waals surface area contributed by atoms with Gasteiger partial charge in [0.1, 0.15) is 0 Å². The molecule has 0 aromatic heterocycles. The van der Waals surface area contributed by atoms with Gasteiger partial charge in [-0.3, -0.25) is 0 Å². The van der Waals surface area contributed by atoms with Crippen LogP contribution in [0.4, 0.5) is 0 Å². The zero-order chi connectivity index (χ0) is 12.2. The zero-order valence-corrected chi connectivity index (χ0v) is 12.2. The highest BCUT2D eigenvalue weighted by Crippen LogP contribution is 2.09. The minimum absolute atomic E-state index is 1.16. The summed E-state index contributed by atoms with van der Waals surface area (Å²) >= 11 is 3.47. The Balaban J connectivity index is 1.95. The van der Waals surface area contributed by atoms with Crippen LogP contribution in [0.2, 0.25) is 0 Å². The third-order valence-corrected chi connectivity index (χ3v) is 3.43. The molecule has 0 aliphatic carbocycles. The zero-order valence-electron chi connectivity index (χ0n) is 10.6. The lowest BCUT2D eigenvalue weighted by Crippen LogP contribution is -1.80. The lowest BCUT2D eigenvalue weighted by Gasteiger charge is -1.98. The molecule has 1 aromatic carbocycles. The molecule has 0 nitrogen and oxygen atoms in total. The molecule has 0 amide bonds. The van der Waals surface area contributed by atoms with Crippen molar-refractivity contribution in [1.29, 1.82) is 0 Å². The molecule has 0 saturated carbocycles. The molecule has 0 aliphatic rings. The van der Waals surface area contributed by atoms with E-state index in [2.05, 4.69) is 58.4 Å². The van der Waals surface area contributed by atoms with Gasteiger partial charge in [-0.1, -0.05) is 84.1 Å². The maximum absolute atomic E-state index is 3.47. The fourth-order valence-electron chi connectivity index (χ4n) is 1.85. The van der Waals surface area contributed by atoms with E-state index in [0.29, 0.717) is 0 Å². The predicted octanol–water partition coefficient (Wildman–Crippen LogP) is 5.83. The van der Waals surface area contributed by atoms with Crippen LogP contribution < -0.4 is 0 Å². The summed E-state index contributed by atoms with van der Waals surface area (Å²) in [5.41, 5.74) is 1.31. The molecule has 94 valence electrons. The Hall–Kier alpha value is -0.560. The van der Waals surface area contributed by atoms with Crippen LogP contribution in [0.3, 0.4) is 0 Å². The summed E-state index contributed by atoms with van der Waals surface area (Å²) in [6, 6.07) is 10.5. The Morgan fingerprint density at radius 3 is 2.18 bits per heavy atom. The molecule has 1 heteroatoms. The van der Waals surface area contributed by atoms with Crippen LogP contribution in [0.5, 0.6) is 0 Å². The summed E-state index contributed by atoms with van der Waals surface area (Å²) in [5.74, 6) is 0. The lowest BCUT2D eigenvalue weighted by atomic mass is 10.1. The SMILES string of the molecule is BrCCCCCCCC/C=C/c1ccccc1. The van der Waals surface area contributed by atoms with E-state index >= 15 is 0 Å². The Morgan fingerprint density at radius 1 is 0.824 bits per heavy atom. The van der Waals surface area contributed by atoms with Crippen molar-refractivity contribution in [2.75, 3.05) is 5.33 Å². The molecule has 0 spiro atoms. The summed E-state index contributed by atoms with van der Waals surface area (Å²) in [6.45, 7) is 0. The van der Waals surface area contributed by atoms with E-state index in [1.165, 1.54) is 50.5 Å². The van der Waals surface area contributed by atoms with Crippen LogP contribution in [-0.4, -0.2) is 5.33 Å². The van der Waals surface area contributed by atoms with Gasteiger partial charge in [-0.25, -0.2) is 0 Å². The van der Waals surface area contributed by atoms with E-state index in [0.717, 1.165) is 5.33 Å². The molecule has 0 unspecified atom stereocenters. The number of allylic oxidation sites excluding steroid dienone is 1. The maximum Gasteiger partial charge on any atom is 0.00313 e. The molecule has 0 aliphatic heterocycles. The minimum Gasteiger partial charge on any atom is -0.0928 e. The molecule has 0 N–H and O–H groups in total. The van der Waals surface area contributed by atoms with Crippen LogP contribution in [0, 0.1) is 0 Å². The number of hydrogen-bond acceptors (Lipinski definition) is 0. The maximum atomic E-state index is 3.47. The molecule has 17 heavy (non-hydrogen) atoms. The van der Waals surface area contributed by atoms with Gasteiger partial charge >= 0.3 is 0 Å². The number of unbranched alkanes of at least 4 members (excludes halogenated alkanes) is 6. The van der Waals surface area contributed by atoms with Crippen molar-refractivity contribution in [3.05, 3.63) is 42.0 Å². The fraction of sp³-hybridized carbons (Fsp3) is 0.500. The smallest absolute Gasteiger partial charge is 0.00313 e. The Bertz CT molecular complexity index is 290. The Labute approximate surface area is 114 Å². The van der Waals surface area contributed by atoms with Crippen LogP contribution in [-0.2, 0) is 0 Å². The number of hydrogen-bond donors (Lipinski definition) is 0. The van der Waals surface area contributed by atoms with Gasteiger partial charge in [-0.05, 0) is 24.8 Å². The molecule has 0 heterocycles. The standard InChI is InChI=1S/C16H23Br/c17-15-11-6-4-2-1-3-5-8-12-16-13-9-7-10-14-16/h7-10,12-14H,1-6,11,15H2/b12-8+. The summed E-state index contributed by atoms with van der Waals surface area (Å²) in [7, 11) is 0. The van der Waals surface area contributed by atoms with Gasteiger partial charge < -0.3 is 0 Å². The second kappa shape index (κ2) is 10.6. The van der Waals surface area contributed by atoms with E-state index in [1.54, 1.807) is 0 Å².